The lowest BCUT2D eigenvalue weighted by Crippen LogP contribution is -2.49. The number of hydrogen-bond donors (Lipinski definition) is 0. The summed E-state index contributed by atoms with van der Waals surface area (Å²) in [5.41, 5.74) is 5.07. The highest BCUT2D eigenvalue weighted by atomic mass is 16.2. The van der Waals surface area contributed by atoms with Crippen LogP contribution in [0.1, 0.15) is 65.8 Å². The van der Waals surface area contributed by atoms with Gasteiger partial charge < -0.3 is 4.90 Å². The molecule has 4 bridgehead atoms. The van der Waals surface area contributed by atoms with Gasteiger partial charge in [0, 0.05) is 43.5 Å². The minimum atomic E-state index is 0.0604. The number of carbonyl (C=O) groups excluding carboxylic acids is 1. The van der Waals surface area contributed by atoms with E-state index in [0.717, 1.165) is 46.0 Å². The smallest absolute Gasteiger partial charge is 0.257 e. The van der Waals surface area contributed by atoms with Crippen LogP contribution in [-0.4, -0.2) is 37.4 Å². The van der Waals surface area contributed by atoms with Crippen molar-refractivity contribution in [2.45, 2.75) is 57.4 Å². The van der Waals surface area contributed by atoms with E-state index in [9.17, 15) is 4.79 Å². The molecule has 3 aromatic rings. The first-order chi connectivity index (χ1) is 15.9. The van der Waals surface area contributed by atoms with E-state index >= 15 is 0 Å². The van der Waals surface area contributed by atoms with Gasteiger partial charge in [-0.15, -0.1) is 0 Å². The fourth-order valence-corrected chi connectivity index (χ4v) is 7.27. The van der Waals surface area contributed by atoms with Crippen molar-refractivity contribution in [3.05, 3.63) is 65.2 Å². The van der Waals surface area contributed by atoms with Crippen LogP contribution in [0.25, 0.3) is 5.69 Å². The molecule has 1 amide bonds. The largest absolute Gasteiger partial charge is 0.337 e. The number of amides is 1. The molecule has 4 aliphatic rings. The third-order valence-electron chi connectivity index (χ3n) is 8.60. The van der Waals surface area contributed by atoms with Gasteiger partial charge in [0.25, 0.3) is 5.91 Å². The molecule has 0 radical (unpaired) electrons. The summed E-state index contributed by atoms with van der Waals surface area (Å²) >= 11 is 0. The zero-order chi connectivity index (χ0) is 22.7. The van der Waals surface area contributed by atoms with Crippen LogP contribution < -0.4 is 0 Å². The second kappa shape index (κ2) is 7.57. The molecule has 1 aromatic carbocycles. The van der Waals surface area contributed by atoms with Gasteiger partial charge in [0.15, 0.2) is 0 Å². The van der Waals surface area contributed by atoms with E-state index in [1.54, 1.807) is 0 Å². The first-order valence-electron chi connectivity index (χ1n) is 12.3. The summed E-state index contributed by atoms with van der Waals surface area (Å²) < 4.78 is 3.80. The molecule has 0 spiro atoms. The number of aromatic nitrogens is 4. The van der Waals surface area contributed by atoms with Gasteiger partial charge >= 0.3 is 0 Å². The topological polar surface area (TPSA) is 56.0 Å². The van der Waals surface area contributed by atoms with Crippen molar-refractivity contribution in [1.29, 1.82) is 0 Å². The van der Waals surface area contributed by atoms with E-state index in [4.69, 9.17) is 5.10 Å². The Bertz CT molecular complexity index is 1160. The maximum atomic E-state index is 13.9. The van der Waals surface area contributed by atoms with E-state index in [1.165, 1.54) is 38.5 Å². The lowest BCUT2D eigenvalue weighted by atomic mass is 9.48. The second-order valence-electron chi connectivity index (χ2n) is 10.9. The summed E-state index contributed by atoms with van der Waals surface area (Å²) in [5.74, 6) is 2.47. The number of carbonyl (C=O) groups is 1. The molecule has 4 aliphatic carbocycles. The highest BCUT2D eigenvalue weighted by Gasteiger charge is 2.54. The van der Waals surface area contributed by atoms with E-state index in [1.807, 2.05) is 59.0 Å². The number of para-hydroxylation sites is 1. The average molecular weight is 444 g/mol. The lowest BCUT2D eigenvalue weighted by molar-refractivity contribution is -0.00783. The molecular weight excluding hydrogens is 410 g/mol. The molecule has 6 heteroatoms. The minimum absolute atomic E-state index is 0.0604. The van der Waals surface area contributed by atoms with Crippen LogP contribution in [0.2, 0.25) is 0 Å². The van der Waals surface area contributed by atoms with Crippen molar-refractivity contribution in [3.63, 3.8) is 0 Å². The summed E-state index contributed by atoms with van der Waals surface area (Å²) in [6, 6.07) is 10.2. The number of aryl methyl sites for hydroxylation is 1. The molecule has 0 N–H and O–H groups in total. The molecular formula is C27H33N5O. The fraction of sp³-hybridized carbons (Fsp3) is 0.519. The standard InChI is InChI=1S/C27H33N5O/c1-18-22(15-28-31(18)3)16-30(2)26(33)24-17-32(23-7-5-4-6-8-23)29-25(24)27-12-19-9-20(13-27)11-21(10-19)14-27/h4-8,15,17,19-21H,9-14,16H2,1-3H3. The van der Waals surface area contributed by atoms with Crippen molar-refractivity contribution in [3.8, 4) is 5.69 Å². The van der Waals surface area contributed by atoms with Crippen LogP contribution in [0.5, 0.6) is 0 Å². The molecule has 7 rings (SSSR count). The van der Waals surface area contributed by atoms with Gasteiger partial charge in [-0.05, 0) is 75.3 Å². The molecule has 2 aromatic heterocycles. The predicted molar refractivity (Wildman–Crippen MR) is 127 cm³/mol. The van der Waals surface area contributed by atoms with E-state index in [-0.39, 0.29) is 11.3 Å². The van der Waals surface area contributed by atoms with E-state index < -0.39 is 0 Å². The van der Waals surface area contributed by atoms with Gasteiger partial charge in [-0.2, -0.15) is 10.2 Å². The molecule has 2 heterocycles. The first-order valence-corrected chi connectivity index (χ1v) is 12.3. The summed E-state index contributed by atoms with van der Waals surface area (Å²) in [7, 11) is 3.84. The monoisotopic (exact) mass is 443 g/mol. The van der Waals surface area contributed by atoms with Gasteiger partial charge in [0.1, 0.15) is 0 Å². The Balaban J connectivity index is 1.39. The summed E-state index contributed by atoms with van der Waals surface area (Å²) in [6.07, 6.45) is 11.6. The Labute approximate surface area is 195 Å². The van der Waals surface area contributed by atoms with Gasteiger partial charge in [0.05, 0.1) is 23.1 Å². The van der Waals surface area contributed by atoms with Crippen LogP contribution >= 0.6 is 0 Å². The highest BCUT2D eigenvalue weighted by molar-refractivity contribution is 5.95. The number of hydrogen-bond acceptors (Lipinski definition) is 3. The van der Waals surface area contributed by atoms with Crippen LogP contribution in [0.3, 0.4) is 0 Å². The van der Waals surface area contributed by atoms with Crippen LogP contribution in [0, 0.1) is 24.7 Å². The predicted octanol–water partition coefficient (Wildman–Crippen LogP) is 4.65. The van der Waals surface area contributed by atoms with Crippen LogP contribution in [0.15, 0.2) is 42.7 Å². The van der Waals surface area contributed by atoms with Crippen LogP contribution in [-0.2, 0) is 19.0 Å². The summed E-state index contributed by atoms with van der Waals surface area (Å²) in [6.45, 7) is 2.60. The minimum Gasteiger partial charge on any atom is -0.337 e. The SMILES string of the molecule is Cc1c(CN(C)C(=O)c2cn(-c3ccccc3)nc2C23CC4CC(CC(C4)C2)C3)cnn1C. The van der Waals surface area contributed by atoms with Gasteiger partial charge in [-0.1, -0.05) is 18.2 Å². The quantitative estimate of drug-likeness (QED) is 0.577. The molecule has 33 heavy (non-hydrogen) atoms. The Hall–Kier alpha value is -2.89. The van der Waals surface area contributed by atoms with Crippen molar-refractivity contribution in [2.24, 2.45) is 24.8 Å². The molecule has 0 aliphatic heterocycles. The van der Waals surface area contributed by atoms with E-state index in [2.05, 4.69) is 24.2 Å². The maximum Gasteiger partial charge on any atom is 0.257 e. The van der Waals surface area contributed by atoms with Crippen LogP contribution in [0.4, 0.5) is 0 Å². The fourth-order valence-electron chi connectivity index (χ4n) is 7.27. The molecule has 4 saturated carbocycles. The molecule has 4 fully saturated rings. The van der Waals surface area contributed by atoms with Crippen molar-refractivity contribution >= 4 is 5.91 Å². The lowest BCUT2D eigenvalue weighted by Gasteiger charge is -2.56. The van der Waals surface area contributed by atoms with Gasteiger partial charge in [-0.3, -0.25) is 9.48 Å². The van der Waals surface area contributed by atoms with Crippen molar-refractivity contribution in [1.82, 2.24) is 24.5 Å². The van der Waals surface area contributed by atoms with Gasteiger partial charge in [-0.25, -0.2) is 4.68 Å². The Kier molecular flexibility index (Phi) is 4.75. The molecule has 0 saturated heterocycles. The summed E-state index contributed by atoms with van der Waals surface area (Å²) in [5, 5.41) is 9.51. The second-order valence-corrected chi connectivity index (χ2v) is 10.9. The molecule has 0 atom stereocenters. The normalized spacial score (nSPS) is 27.8. The third kappa shape index (κ3) is 3.42. The summed E-state index contributed by atoms with van der Waals surface area (Å²) in [4.78, 5) is 15.7. The van der Waals surface area contributed by atoms with Gasteiger partial charge in [0.2, 0.25) is 0 Å². The maximum absolute atomic E-state index is 13.9. The average Bonchev–Trinajstić information content (AvgIpc) is 3.38. The first kappa shape index (κ1) is 20.7. The molecule has 6 nitrogen and oxygen atoms in total. The highest BCUT2D eigenvalue weighted by Crippen LogP contribution is 2.61. The number of benzene rings is 1. The van der Waals surface area contributed by atoms with Crippen molar-refractivity contribution < 1.29 is 4.79 Å². The number of nitrogens with zero attached hydrogens (tertiary/aromatic N) is 5. The zero-order valence-corrected chi connectivity index (χ0v) is 19.9. The van der Waals surface area contributed by atoms with Crippen molar-refractivity contribution in [2.75, 3.05) is 7.05 Å². The Morgan fingerprint density at radius 1 is 1.09 bits per heavy atom. The molecule has 0 unspecified atom stereocenters. The van der Waals surface area contributed by atoms with E-state index in [0.29, 0.717) is 6.54 Å². The Morgan fingerprint density at radius 2 is 1.73 bits per heavy atom. The zero-order valence-electron chi connectivity index (χ0n) is 19.9. The Morgan fingerprint density at radius 3 is 2.30 bits per heavy atom. The molecule has 172 valence electrons. The third-order valence-corrected chi connectivity index (χ3v) is 8.60. The number of rotatable bonds is 5.